The van der Waals surface area contributed by atoms with E-state index in [0.717, 1.165) is 43.4 Å². The lowest BCUT2D eigenvalue weighted by Gasteiger charge is -2.37. The molecule has 2 aromatic rings. The number of carbonyl (C=O) groups excluding carboxylic acids is 2. The SMILES string of the molecule is CCOC(=O)[C@@H]1CCCN(C(=O)c2cnc(-c3cccc(C)c3)nc2N2CCCC[C@@H]2C)C1. The van der Waals surface area contributed by atoms with E-state index in [2.05, 4.69) is 22.9 Å². The molecule has 0 spiro atoms. The van der Waals surface area contributed by atoms with Crippen LogP contribution in [0.15, 0.2) is 30.5 Å². The van der Waals surface area contributed by atoms with Gasteiger partial charge < -0.3 is 14.5 Å². The molecule has 0 bridgehead atoms. The molecular formula is C26H34N4O3. The van der Waals surface area contributed by atoms with Gasteiger partial charge in [-0.2, -0.15) is 0 Å². The maximum atomic E-state index is 13.7. The zero-order valence-corrected chi connectivity index (χ0v) is 19.9. The summed E-state index contributed by atoms with van der Waals surface area (Å²) < 4.78 is 5.21. The van der Waals surface area contributed by atoms with E-state index < -0.39 is 0 Å². The molecule has 7 heteroatoms. The van der Waals surface area contributed by atoms with Crippen LogP contribution in [0.1, 0.15) is 61.9 Å². The van der Waals surface area contributed by atoms with Crippen LogP contribution in [-0.4, -0.2) is 59.0 Å². The fraction of sp³-hybridized carbons (Fsp3) is 0.538. The number of anilines is 1. The highest BCUT2D eigenvalue weighted by molar-refractivity contribution is 5.99. The number of aromatic nitrogens is 2. The van der Waals surface area contributed by atoms with Crippen LogP contribution in [0.25, 0.3) is 11.4 Å². The Balaban J connectivity index is 1.67. The molecule has 4 rings (SSSR count). The number of likely N-dealkylation sites (tertiary alicyclic amines) is 1. The van der Waals surface area contributed by atoms with E-state index in [9.17, 15) is 9.59 Å². The summed E-state index contributed by atoms with van der Waals surface area (Å²) in [6, 6.07) is 8.42. The highest BCUT2D eigenvalue weighted by Crippen LogP contribution is 2.30. The molecule has 0 saturated carbocycles. The van der Waals surface area contributed by atoms with Gasteiger partial charge in [0.2, 0.25) is 0 Å². The molecule has 3 heterocycles. The predicted molar refractivity (Wildman–Crippen MR) is 128 cm³/mol. The minimum Gasteiger partial charge on any atom is -0.466 e. The Morgan fingerprint density at radius 1 is 1.15 bits per heavy atom. The number of amides is 1. The molecule has 0 aliphatic carbocycles. The maximum absolute atomic E-state index is 13.7. The molecule has 2 aliphatic rings. The number of ether oxygens (including phenoxy) is 1. The molecule has 2 fully saturated rings. The quantitative estimate of drug-likeness (QED) is 0.634. The minimum absolute atomic E-state index is 0.104. The molecule has 0 unspecified atom stereocenters. The third-order valence-corrected chi connectivity index (χ3v) is 6.68. The van der Waals surface area contributed by atoms with Gasteiger partial charge in [-0.15, -0.1) is 0 Å². The number of carbonyl (C=O) groups is 2. The van der Waals surface area contributed by atoms with Crippen LogP contribution in [-0.2, 0) is 9.53 Å². The second-order valence-electron chi connectivity index (χ2n) is 9.18. The highest BCUT2D eigenvalue weighted by Gasteiger charge is 2.33. The number of rotatable bonds is 5. The second kappa shape index (κ2) is 10.3. The number of esters is 1. The molecular weight excluding hydrogens is 416 g/mol. The maximum Gasteiger partial charge on any atom is 0.310 e. The third-order valence-electron chi connectivity index (χ3n) is 6.68. The first-order chi connectivity index (χ1) is 16.0. The van der Waals surface area contributed by atoms with Gasteiger partial charge in [-0.1, -0.05) is 23.8 Å². The van der Waals surface area contributed by atoms with Gasteiger partial charge in [0.25, 0.3) is 5.91 Å². The molecule has 2 atom stereocenters. The van der Waals surface area contributed by atoms with Crippen molar-refractivity contribution in [3.63, 3.8) is 0 Å². The smallest absolute Gasteiger partial charge is 0.310 e. The molecule has 176 valence electrons. The Labute approximate surface area is 196 Å². The average molecular weight is 451 g/mol. The van der Waals surface area contributed by atoms with Crippen molar-refractivity contribution in [2.75, 3.05) is 31.1 Å². The first kappa shape index (κ1) is 23.2. The topological polar surface area (TPSA) is 75.6 Å². The minimum atomic E-state index is -0.271. The summed E-state index contributed by atoms with van der Waals surface area (Å²) in [4.78, 5) is 39.5. The Bertz CT molecular complexity index is 1010. The zero-order valence-electron chi connectivity index (χ0n) is 19.9. The van der Waals surface area contributed by atoms with E-state index in [1.807, 2.05) is 32.0 Å². The summed E-state index contributed by atoms with van der Waals surface area (Å²) in [7, 11) is 0. The highest BCUT2D eigenvalue weighted by atomic mass is 16.5. The third kappa shape index (κ3) is 5.18. The number of nitrogens with zero attached hydrogens (tertiary/aromatic N) is 4. The zero-order chi connectivity index (χ0) is 23.4. The van der Waals surface area contributed by atoms with Gasteiger partial charge in [-0.25, -0.2) is 9.97 Å². The molecule has 2 aliphatic heterocycles. The van der Waals surface area contributed by atoms with E-state index >= 15 is 0 Å². The van der Waals surface area contributed by atoms with Gasteiger partial charge in [-0.3, -0.25) is 9.59 Å². The Kier molecular flexibility index (Phi) is 7.26. The number of hydrogen-bond donors (Lipinski definition) is 0. The summed E-state index contributed by atoms with van der Waals surface area (Å²) in [5, 5.41) is 0. The lowest BCUT2D eigenvalue weighted by atomic mass is 9.97. The summed E-state index contributed by atoms with van der Waals surface area (Å²) in [5.74, 6) is 0.744. The first-order valence-corrected chi connectivity index (χ1v) is 12.1. The molecule has 0 N–H and O–H groups in total. The number of aryl methyl sites for hydroxylation is 1. The number of benzene rings is 1. The normalized spacial score (nSPS) is 21.1. The van der Waals surface area contributed by atoms with Crippen molar-refractivity contribution in [2.45, 2.75) is 58.9 Å². The lowest BCUT2D eigenvalue weighted by Crippen LogP contribution is -2.44. The Morgan fingerprint density at radius 2 is 2.00 bits per heavy atom. The van der Waals surface area contributed by atoms with Gasteiger partial charge in [0, 0.05) is 37.4 Å². The summed E-state index contributed by atoms with van der Waals surface area (Å²) >= 11 is 0. The molecule has 1 aromatic carbocycles. The molecule has 7 nitrogen and oxygen atoms in total. The van der Waals surface area contributed by atoms with E-state index in [-0.39, 0.29) is 17.8 Å². The Hall–Kier alpha value is -2.96. The van der Waals surface area contributed by atoms with Crippen molar-refractivity contribution in [3.8, 4) is 11.4 Å². The molecule has 33 heavy (non-hydrogen) atoms. The van der Waals surface area contributed by atoms with Gasteiger partial charge in [0.1, 0.15) is 11.4 Å². The first-order valence-electron chi connectivity index (χ1n) is 12.1. The molecule has 1 aromatic heterocycles. The van der Waals surface area contributed by atoms with Crippen molar-refractivity contribution in [1.82, 2.24) is 14.9 Å². The Morgan fingerprint density at radius 3 is 2.76 bits per heavy atom. The van der Waals surface area contributed by atoms with Crippen molar-refractivity contribution in [1.29, 1.82) is 0 Å². The van der Waals surface area contributed by atoms with Crippen LogP contribution in [0.4, 0.5) is 5.82 Å². The van der Waals surface area contributed by atoms with Crippen molar-refractivity contribution < 1.29 is 14.3 Å². The van der Waals surface area contributed by atoms with Gasteiger partial charge in [0.05, 0.1) is 12.5 Å². The van der Waals surface area contributed by atoms with E-state index in [1.165, 1.54) is 6.42 Å². The van der Waals surface area contributed by atoms with Crippen LogP contribution in [0, 0.1) is 12.8 Å². The summed E-state index contributed by atoms with van der Waals surface area (Å²) in [5.41, 5.74) is 2.60. The van der Waals surface area contributed by atoms with E-state index in [4.69, 9.17) is 9.72 Å². The van der Waals surface area contributed by atoms with Crippen LogP contribution < -0.4 is 4.90 Å². The van der Waals surface area contributed by atoms with E-state index in [1.54, 1.807) is 11.1 Å². The van der Waals surface area contributed by atoms with Gasteiger partial charge in [0.15, 0.2) is 5.82 Å². The van der Waals surface area contributed by atoms with Crippen LogP contribution in [0.3, 0.4) is 0 Å². The van der Waals surface area contributed by atoms with Crippen LogP contribution >= 0.6 is 0 Å². The predicted octanol–water partition coefficient (Wildman–Crippen LogP) is 4.25. The van der Waals surface area contributed by atoms with Gasteiger partial charge >= 0.3 is 5.97 Å². The van der Waals surface area contributed by atoms with E-state index in [0.29, 0.717) is 42.9 Å². The fourth-order valence-corrected chi connectivity index (χ4v) is 4.86. The van der Waals surface area contributed by atoms with Crippen LogP contribution in [0.5, 0.6) is 0 Å². The number of hydrogen-bond acceptors (Lipinski definition) is 6. The molecule has 0 radical (unpaired) electrons. The fourth-order valence-electron chi connectivity index (χ4n) is 4.86. The van der Waals surface area contributed by atoms with Crippen LogP contribution in [0.2, 0.25) is 0 Å². The largest absolute Gasteiger partial charge is 0.466 e. The van der Waals surface area contributed by atoms with Crippen molar-refractivity contribution in [2.24, 2.45) is 5.92 Å². The van der Waals surface area contributed by atoms with Crippen molar-refractivity contribution >= 4 is 17.7 Å². The number of piperidine rings is 2. The lowest BCUT2D eigenvalue weighted by molar-refractivity contribution is -0.149. The molecule has 1 amide bonds. The second-order valence-corrected chi connectivity index (χ2v) is 9.18. The molecule has 2 saturated heterocycles. The average Bonchev–Trinajstić information content (AvgIpc) is 2.84. The van der Waals surface area contributed by atoms with Gasteiger partial charge in [-0.05, 0) is 58.9 Å². The van der Waals surface area contributed by atoms with Crippen molar-refractivity contribution in [3.05, 3.63) is 41.6 Å². The summed E-state index contributed by atoms with van der Waals surface area (Å²) in [6.07, 6.45) is 6.55. The standard InChI is InChI=1S/C26H34N4O3/c1-4-33-26(32)21-12-8-13-29(17-21)25(31)22-16-27-23(20-11-7-9-18(2)15-20)28-24(22)30-14-6-5-10-19(30)3/h7,9,11,15-16,19,21H,4-6,8,10,12-14,17H2,1-3H3/t19-,21+/m0/s1. The monoisotopic (exact) mass is 450 g/mol. The summed E-state index contributed by atoms with van der Waals surface area (Å²) in [6.45, 7) is 8.29.